The lowest BCUT2D eigenvalue weighted by atomic mass is 9.89. The molecule has 0 aromatic heterocycles. The molecule has 2 rings (SSSR count). The number of carboxylic acids is 1. The Labute approximate surface area is 244 Å². The number of carbonyl (C=O) groups is 4. The van der Waals surface area contributed by atoms with Crippen LogP contribution in [0.1, 0.15) is 123 Å². The van der Waals surface area contributed by atoms with Gasteiger partial charge in [0.2, 0.25) is 0 Å². The average molecular weight is 576 g/mol. The predicted octanol–water partition coefficient (Wildman–Crippen LogP) is 6.49. The Kier molecular flexibility index (Phi) is 14.9. The molecule has 1 unspecified atom stereocenters. The van der Waals surface area contributed by atoms with Gasteiger partial charge in [-0.3, -0.25) is 19.7 Å². The second kappa shape index (κ2) is 17.8. The summed E-state index contributed by atoms with van der Waals surface area (Å²) in [7, 11) is 0. The quantitative estimate of drug-likeness (QED) is 0.0873. The molecule has 9 nitrogen and oxygen atoms in total. The third-order valence-electron chi connectivity index (χ3n) is 7.53. The lowest BCUT2D eigenvalue weighted by Gasteiger charge is -2.35. The van der Waals surface area contributed by atoms with Gasteiger partial charge >= 0.3 is 23.9 Å². The molecule has 0 aliphatic heterocycles. The van der Waals surface area contributed by atoms with Crippen LogP contribution in [0.25, 0.3) is 0 Å². The fourth-order valence-electron chi connectivity index (χ4n) is 4.89. The van der Waals surface area contributed by atoms with Crippen molar-refractivity contribution in [3.8, 4) is 11.5 Å². The van der Waals surface area contributed by atoms with Gasteiger partial charge in [-0.25, -0.2) is 4.79 Å². The van der Waals surface area contributed by atoms with E-state index in [4.69, 9.17) is 14.2 Å². The van der Waals surface area contributed by atoms with Crippen LogP contribution in [0.3, 0.4) is 0 Å². The zero-order chi connectivity index (χ0) is 30.3. The van der Waals surface area contributed by atoms with Crippen LogP contribution in [-0.4, -0.2) is 40.8 Å². The van der Waals surface area contributed by atoms with Crippen molar-refractivity contribution in [2.45, 2.75) is 136 Å². The third kappa shape index (κ3) is 11.5. The van der Waals surface area contributed by atoms with Crippen molar-refractivity contribution in [1.82, 2.24) is 5.32 Å². The first-order valence-electron chi connectivity index (χ1n) is 15.4. The van der Waals surface area contributed by atoms with E-state index in [1.54, 1.807) is 6.07 Å². The van der Waals surface area contributed by atoms with Gasteiger partial charge in [0.15, 0.2) is 11.5 Å². The summed E-state index contributed by atoms with van der Waals surface area (Å²) in [4.78, 5) is 51.0. The minimum absolute atomic E-state index is 0.0364. The molecule has 2 N–H and O–H groups in total. The minimum atomic E-state index is -2.02. The number of hydrogen-bond donors (Lipinski definition) is 2. The first kappa shape index (κ1) is 34.3. The third-order valence-corrected chi connectivity index (χ3v) is 7.53. The summed E-state index contributed by atoms with van der Waals surface area (Å²) in [5.74, 6) is -2.95. The Morgan fingerprint density at radius 2 is 1.49 bits per heavy atom. The molecule has 1 saturated carbocycles. The average Bonchev–Trinajstić information content (AvgIpc) is 2.95. The van der Waals surface area contributed by atoms with Gasteiger partial charge in [-0.05, 0) is 56.7 Å². The first-order chi connectivity index (χ1) is 19.6. The molecular formula is C32H49NO8. The summed E-state index contributed by atoms with van der Waals surface area (Å²) >= 11 is 0. The van der Waals surface area contributed by atoms with Gasteiger partial charge < -0.3 is 19.3 Å². The molecule has 41 heavy (non-hydrogen) atoms. The largest absolute Gasteiger partial charge is 0.477 e. The van der Waals surface area contributed by atoms with E-state index in [1.165, 1.54) is 12.1 Å². The zero-order valence-electron chi connectivity index (χ0n) is 25.3. The molecule has 9 heteroatoms. The lowest BCUT2D eigenvalue weighted by molar-refractivity contribution is -0.188. The zero-order valence-corrected chi connectivity index (χ0v) is 25.3. The van der Waals surface area contributed by atoms with E-state index >= 15 is 0 Å². The smallest absolute Gasteiger partial charge is 0.364 e. The predicted molar refractivity (Wildman–Crippen MR) is 156 cm³/mol. The summed E-state index contributed by atoms with van der Waals surface area (Å²) < 4.78 is 17.0. The van der Waals surface area contributed by atoms with E-state index < -0.39 is 29.6 Å². The maximum absolute atomic E-state index is 13.1. The van der Waals surface area contributed by atoms with Gasteiger partial charge in [-0.15, -0.1) is 0 Å². The summed E-state index contributed by atoms with van der Waals surface area (Å²) in [6.07, 6.45) is 10.1. The molecule has 2 atom stereocenters. The van der Waals surface area contributed by atoms with Crippen LogP contribution in [0.4, 0.5) is 0 Å². The SMILES string of the molecule is CCCCCC(=O)Oc1ccc(C[C@](NC(C)CC)(OC(=O)C2CCCCC2)C(=O)O)cc1OC(=O)CCCCC. The van der Waals surface area contributed by atoms with E-state index in [9.17, 15) is 24.3 Å². The second-order valence-electron chi connectivity index (χ2n) is 11.2. The molecule has 0 bridgehead atoms. The van der Waals surface area contributed by atoms with Gasteiger partial charge in [-0.1, -0.05) is 71.8 Å². The molecule has 0 saturated heterocycles. The van der Waals surface area contributed by atoms with Gasteiger partial charge in [-0.2, -0.15) is 0 Å². The van der Waals surface area contributed by atoms with Crippen molar-refractivity contribution in [3.63, 3.8) is 0 Å². The topological polar surface area (TPSA) is 128 Å². The van der Waals surface area contributed by atoms with Crippen LogP contribution < -0.4 is 14.8 Å². The fourth-order valence-corrected chi connectivity index (χ4v) is 4.89. The highest BCUT2D eigenvalue weighted by Gasteiger charge is 2.45. The lowest BCUT2D eigenvalue weighted by Crippen LogP contribution is -2.60. The van der Waals surface area contributed by atoms with E-state index in [1.807, 2.05) is 27.7 Å². The van der Waals surface area contributed by atoms with Crippen LogP contribution in [0, 0.1) is 5.92 Å². The molecule has 1 aromatic carbocycles. The molecule has 0 amide bonds. The Balaban J connectivity index is 2.38. The number of ether oxygens (including phenoxy) is 3. The molecule has 1 fully saturated rings. The van der Waals surface area contributed by atoms with E-state index in [0.717, 1.165) is 44.9 Å². The molecule has 1 aliphatic carbocycles. The van der Waals surface area contributed by atoms with Crippen molar-refractivity contribution in [2.75, 3.05) is 0 Å². The summed E-state index contributed by atoms with van der Waals surface area (Å²) in [6, 6.07) is 4.34. The van der Waals surface area contributed by atoms with Crippen LogP contribution >= 0.6 is 0 Å². The monoisotopic (exact) mass is 575 g/mol. The molecule has 0 heterocycles. The minimum Gasteiger partial charge on any atom is -0.477 e. The number of unbranched alkanes of at least 4 members (excludes halogenated alkanes) is 4. The van der Waals surface area contributed by atoms with Crippen molar-refractivity contribution in [2.24, 2.45) is 5.92 Å². The van der Waals surface area contributed by atoms with Crippen LogP contribution in [0.15, 0.2) is 18.2 Å². The van der Waals surface area contributed by atoms with Crippen molar-refractivity contribution < 1.29 is 38.5 Å². The number of hydrogen-bond acceptors (Lipinski definition) is 8. The molecule has 230 valence electrons. The maximum atomic E-state index is 13.1. The van der Waals surface area contributed by atoms with Crippen molar-refractivity contribution in [3.05, 3.63) is 23.8 Å². The second-order valence-corrected chi connectivity index (χ2v) is 11.2. The molecular weight excluding hydrogens is 526 g/mol. The highest BCUT2D eigenvalue weighted by Crippen LogP contribution is 2.33. The number of rotatable bonds is 18. The number of carboxylic acid groups (broad SMARTS) is 1. The molecule has 0 spiro atoms. The Morgan fingerprint density at radius 3 is 2.02 bits per heavy atom. The van der Waals surface area contributed by atoms with Gasteiger partial charge in [0.1, 0.15) is 0 Å². The maximum Gasteiger partial charge on any atom is 0.364 e. The number of esters is 3. The number of aliphatic carboxylic acids is 1. The Hall–Kier alpha value is -2.94. The van der Waals surface area contributed by atoms with E-state index in [2.05, 4.69) is 5.32 Å². The highest BCUT2D eigenvalue weighted by atomic mass is 16.6. The Morgan fingerprint density at radius 1 is 0.902 bits per heavy atom. The van der Waals surface area contributed by atoms with Crippen LogP contribution in [0.2, 0.25) is 0 Å². The van der Waals surface area contributed by atoms with Gasteiger partial charge in [0.05, 0.1) is 5.92 Å². The standard InChI is InChI=1S/C32H49NO8/c1-5-8-11-17-28(34)39-26-20-19-24(21-27(26)40-29(35)18-12-9-6-2)22-32(31(37)38,33-23(4)7-3)41-30(36)25-15-13-10-14-16-25/h19-21,23,25,33H,5-18,22H2,1-4H3,(H,37,38)/t23?,32-/m0/s1. The number of carbonyl (C=O) groups excluding carboxylic acids is 3. The fraction of sp³-hybridized carbons (Fsp3) is 0.688. The number of nitrogens with one attached hydrogen (secondary N) is 1. The van der Waals surface area contributed by atoms with Crippen molar-refractivity contribution >= 4 is 23.9 Å². The van der Waals surface area contributed by atoms with Crippen LogP contribution in [-0.2, 0) is 30.3 Å². The molecule has 1 aromatic rings. The Bertz CT molecular complexity index is 1000. The number of benzene rings is 1. The summed E-state index contributed by atoms with van der Waals surface area (Å²) in [6.45, 7) is 7.82. The normalized spacial score (nSPS) is 15.9. The first-order valence-corrected chi connectivity index (χ1v) is 15.4. The molecule has 0 radical (unpaired) electrons. The summed E-state index contributed by atoms with van der Waals surface area (Å²) in [5.41, 5.74) is -1.58. The molecule has 1 aliphatic rings. The van der Waals surface area contributed by atoms with Crippen LogP contribution in [0.5, 0.6) is 11.5 Å². The summed E-state index contributed by atoms with van der Waals surface area (Å²) in [5, 5.41) is 13.4. The van der Waals surface area contributed by atoms with Crippen molar-refractivity contribution in [1.29, 1.82) is 0 Å². The van der Waals surface area contributed by atoms with Gasteiger partial charge in [0.25, 0.3) is 5.72 Å². The highest BCUT2D eigenvalue weighted by molar-refractivity contribution is 5.83. The van der Waals surface area contributed by atoms with E-state index in [-0.39, 0.29) is 42.7 Å². The van der Waals surface area contributed by atoms with E-state index in [0.29, 0.717) is 37.7 Å². The van der Waals surface area contributed by atoms with Gasteiger partial charge in [0, 0.05) is 25.3 Å².